The molecule has 0 aliphatic heterocycles. The van der Waals surface area contributed by atoms with Crippen LogP contribution in [0.25, 0.3) is 0 Å². The zero-order valence-electron chi connectivity index (χ0n) is 14.2. The van der Waals surface area contributed by atoms with Gasteiger partial charge in [-0.25, -0.2) is 0 Å². The minimum absolute atomic E-state index is 0.217. The third kappa shape index (κ3) is 5.33. The highest BCUT2D eigenvalue weighted by Gasteiger charge is 2.07. The van der Waals surface area contributed by atoms with Crippen molar-refractivity contribution < 1.29 is 0 Å². The van der Waals surface area contributed by atoms with Crippen molar-refractivity contribution in [2.24, 2.45) is 4.99 Å². The normalized spacial score (nSPS) is 12.6. The zero-order chi connectivity index (χ0) is 16.5. The van der Waals surface area contributed by atoms with Gasteiger partial charge in [0.05, 0.1) is 6.04 Å². The van der Waals surface area contributed by atoms with E-state index in [4.69, 9.17) is 0 Å². The van der Waals surface area contributed by atoms with Gasteiger partial charge in [0.15, 0.2) is 5.96 Å². The molecule has 0 aliphatic carbocycles. The minimum Gasteiger partial charge on any atom is -0.373 e. The van der Waals surface area contributed by atoms with Gasteiger partial charge in [0.25, 0.3) is 0 Å². The molecule has 0 bridgehead atoms. The fraction of sp³-hybridized carbons (Fsp3) is 0.316. The lowest BCUT2D eigenvalue weighted by molar-refractivity contribution is 0.683. The highest BCUT2D eigenvalue weighted by molar-refractivity contribution is 5.80. The van der Waals surface area contributed by atoms with E-state index in [2.05, 4.69) is 83.0 Å². The van der Waals surface area contributed by atoms with E-state index in [9.17, 15) is 0 Å². The quantitative estimate of drug-likeness (QED) is 0.636. The van der Waals surface area contributed by atoms with E-state index in [0.29, 0.717) is 0 Å². The lowest BCUT2D eigenvalue weighted by Crippen LogP contribution is -2.41. The van der Waals surface area contributed by atoms with Crippen LogP contribution >= 0.6 is 0 Å². The van der Waals surface area contributed by atoms with Gasteiger partial charge in [-0.05, 0) is 24.6 Å². The minimum atomic E-state index is 0.217. The van der Waals surface area contributed by atoms with Crippen LogP contribution in [0, 0.1) is 0 Å². The predicted molar refractivity (Wildman–Crippen MR) is 99.1 cm³/mol. The third-order valence-corrected chi connectivity index (χ3v) is 3.81. The Hall–Kier alpha value is -2.49. The molecule has 2 N–H and O–H groups in total. The van der Waals surface area contributed by atoms with Crippen LogP contribution in [0.3, 0.4) is 0 Å². The molecular formula is C19H26N4. The first kappa shape index (κ1) is 16.9. The molecule has 2 aromatic rings. The molecule has 2 aromatic carbocycles. The molecule has 23 heavy (non-hydrogen) atoms. The highest BCUT2D eigenvalue weighted by Crippen LogP contribution is 2.11. The van der Waals surface area contributed by atoms with Gasteiger partial charge < -0.3 is 15.5 Å². The summed E-state index contributed by atoms with van der Waals surface area (Å²) in [5, 5.41) is 6.78. The van der Waals surface area contributed by atoms with Crippen molar-refractivity contribution in [3.63, 3.8) is 0 Å². The zero-order valence-corrected chi connectivity index (χ0v) is 14.2. The average Bonchev–Trinajstić information content (AvgIpc) is 2.62. The molecule has 0 saturated heterocycles. The van der Waals surface area contributed by atoms with Crippen LogP contribution in [0.1, 0.15) is 18.5 Å². The first-order valence-electron chi connectivity index (χ1n) is 7.99. The van der Waals surface area contributed by atoms with E-state index in [1.807, 2.05) is 12.1 Å². The summed E-state index contributed by atoms with van der Waals surface area (Å²) in [6.07, 6.45) is 0. The summed E-state index contributed by atoms with van der Waals surface area (Å²) in [5.41, 5.74) is 2.46. The number of nitrogens with zero attached hydrogens (tertiary/aromatic N) is 2. The van der Waals surface area contributed by atoms with Crippen LogP contribution < -0.4 is 15.5 Å². The molecule has 0 heterocycles. The van der Waals surface area contributed by atoms with E-state index in [1.54, 1.807) is 7.05 Å². The summed E-state index contributed by atoms with van der Waals surface area (Å²) in [7, 11) is 3.90. The van der Waals surface area contributed by atoms with Crippen molar-refractivity contribution >= 4 is 11.6 Å². The van der Waals surface area contributed by atoms with Crippen LogP contribution in [0.2, 0.25) is 0 Å². The Kier molecular flexibility index (Phi) is 6.48. The number of hydrogen-bond donors (Lipinski definition) is 2. The number of rotatable bonds is 6. The molecule has 0 radical (unpaired) electrons. The standard InChI is InChI=1S/C19H26N4/c1-16(17-10-6-4-7-11-17)22-19(20-2)21-14-15-23(3)18-12-8-5-9-13-18/h4-13,16H,14-15H2,1-3H3,(H2,20,21,22). The summed E-state index contributed by atoms with van der Waals surface area (Å²) in [4.78, 5) is 6.52. The van der Waals surface area contributed by atoms with Crippen molar-refractivity contribution in [2.45, 2.75) is 13.0 Å². The second-order valence-corrected chi connectivity index (χ2v) is 5.53. The predicted octanol–water partition coefficient (Wildman–Crippen LogP) is 3.05. The van der Waals surface area contributed by atoms with Crippen molar-refractivity contribution in [2.75, 3.05) is 32.1 Å². The molecule has 4 nitrogen and oxygen atoms in total. The second-order valence-electron chi connectivity index (χ2n) is 5.53. The highest BCUT2D eigenvalue weighted by atomic mass is 15.2. The van der Waals surface area contributed by atoms with Crippen LogP contribution in [-0.2, 0) is 0 Å². The van der Waals surface area contributed by atoms with Gasteiger partial charge in [-0.2, -0.15) is 0 Å². The molecule has 1 unspecified atom stereocenters. The van der Waals surface area contributed by atoms with E-state index in [-0.39, 0.29) is 6.04 Å². The monoisotopic (exact) mass is 310 g/mol. The summed E-state index contributed by atoms with van der Waals surface area (Å²) in [6.45, 7) is 3.87. The number of benzene rings is 2. The van der Waals surface area contributed by atoms with Crippen LogP contribution in [0.5, 0.6) is 0 Å². The second kappa shape index (κ2) is 8.83. The van der Waals surface area contributed by atoms with Crippen LogP contribution in [-0.4, -0.2) is 33.1 Å². The Morgan fingerprint density at radius 3 is 2.26 bits per heavy atom. The molecule has 4 heteroatoms. The van der Waals surface area contributed by atoms with Gasteiger partial charge in [0, 0.05) is 32.9 Å². The maximum absolute atomic E-state index is 4.30. The molecule has 0 amide bonds. The molecule has 1 atom stereocenters. The van der Waals surface area contributed by atoms with Crippen LogP contribution in [0.4, 0.5) is 5.69 Å². The molecule has 0 aromatic heterocycles. The SMILES string of the molecule is CN=C(NCCN(C)c1ccccc1)NC(C)c1ccccc1. The van der Waals surface area contributed by atoms with Gasteiger partial charge in [-0.1, -0.05) is 48.5 Å². The topological polar surface area (TPSA) is 39.7 Å². The van der Waals surface area contributed by atoms with Crippen molar-refractivity contribution in [1.29, 1.82) is 0 Å². The fourth-order valence-electron chi connectivity index (χ4n) is 2.38. The lowest BCUT2D eigenvalue weighted by Gasteiger charge is -2.22. The third-order valence-electron chi connectivity index (χ3n) is 3.81. The molecule has 0 aliphatic rings. The Morgan fingerprint density at radius 1 is 1.04 bits per heavy atom. The van der Waals surface area contributed by atoms with E-state index in [1.165, 1.54) is 11.3 Å². The average molecular weight is 310 g/mol. The molecule has 0 spiro atoms. The molecular weight excluding hydrogens is 284 g/mol. The van der Waals surface area contributed by atoms with E-state index in [0.717, 1.165) is 19.0 Å². The van der Waals surface area contributed by atoms with Crippen LogP contribution in [0.15, 0.2) is 65.7 Å². The number of hydrogen-bond acceptors (Lipinski definition) is 2. The van der Waals surface area contributed by atoms with Gasteiger partial charge >= 0.3 is 0 Å². The number of nitrogens with one attached hydrogen (secondary N) is 2. The molecule has 122 valence electrons. The molecule has 2 rings (SSSR count). The molecule has 0 saturated carbocycles. The number of guanidine groups is 1. The Balaban J connectivity index is 1.79. The van der Waals surface area contributed by atoms with Crippen molar-refractivity contribution in [3.8, 4) is 0 Å². The first-order chi connectivity index (χ1) is 11.2. The molecule has 0 fully saturated rings. The Bertz CT molecular complexity index is 595. The van der Waals surface area contributed by atoms with Gasteiger partial charge in [-0.3, -0.25) is 4.99 Å². The van der Waals surface area contributed by atoms with E-state index < -0.39 is 0 Å². The van der Waals surface area contributed by atoms with Crippen molar-refractivity contribution in [1.82, 2.24) is 10.6 Å². The largest absolute Gasteiger partial charge is 0.373 e. The lowest BCUT2D eigenvalue weighted by atomic mass is 10.1. The number of likely N-dealkylation sites (N-methyl/N-ethyl adjacent to an activating group) is 1. The number of para-hydroxylation sites is 1. The van der Waals surface area contributed by atoms with Gasteiger partial charge in [-0.15, -0.1) is 0 Å². The number of aliphatic imine (C=N–C) groups is 1. The maximum atomic E-state index is 4.30. The van der Waals surface area contributed by atoms with Gasteiger partial charge in [0.2, 0.25) is 0 Å². The summed E-state index contributed by atoms with van der Waals surface area (Å²) >= 11 is 0. The maximum Gasteiger partial charge on any atom is 0.191 e. The summed E-state index contributed by atoms with van der Waals surface area (Å²) < 4.78 is 0. The first-order valence-corrected chi connectivity index (χ1v) is 7.99. The Labute approximate surface area is 139 Å². The fourth-order valence-corrected chi connectivity index (χ4v) is 2.38. The smallest absolute Gasteiger partial charge is 0.191 e. The Morgan fingerprint density at radius 2 is 1.65 bits per heavy atom. The number of anilines is 1. The van der Waals surface area contributed by atoms with Gasteiger partial charge in [0.1, 0.15) is 0 Å². The van der Waals surface area contributed by atoms with Crippen molar-refractivity contribution in [3.05, 3.63) is 66.2 Å². The summed E-state index contributed by atoms with van der Waals surface area (Å²) in [5.74, 6) is 0.822. The van der Waals surface area contributed by atoms with E-state index >= 15 is 0 Å². The summed E-state index contributed by atoms with van der Waals surface area (Å²) in [6, 6.07) is 21.0.